The van der Waals surface area contributed by atoms with Crippen molar-refractivity contribution in [1.82, 2.24) is 9.80 Å². The van der Waals surface area contributed by atoms with Crippen LogP contribution in [0.3, 0.4) is 0 Å². The Hall–Kier alpha value is -5.02. The molecule has 1 amide bonds. The van der Waals surface area contributed by atoms with Crippen LogP contribution in [0.2, 0.25) is 0 Å². The van der Waals surface area contributed by atoms with E-state index in [-0.39, 0.29) is 44.1 Å². The number of primary amides is 1. The predicted molar refractivity (Wildman–Crippen MR) is 250 cm³/mol. The van der Waals surface area contributed by atoms with Crippen molar-refractivity contribution >= 4 is 32.8 Å². The Labute approximate surface area is 378 Å². The van der Waals surface area contributed by atoms with E-state index in [1.165, 1.54) is 41.0 Å². The summed E-state index contributed by atoms with van der Waals surface area (Å²) in [4.78, 5) is 31.3. The molecular formula is C50H64N6O7S. The van der Waals surface area contributed by atoms with Gasteiger partial charge >= 0.3 is 0 Å². The fraction of sp³-hybridized carbons (Fsp3) is 0.500. The van der Waals surface area contributed by atoms with Gasteiger partial charge in [0.2, 0.25) is 15.7 Å². The first-order valence-corrected chi connectivity index (χ1v) is 24.4. The first kappa shape index (κ1) is 45.5. The number of piperidine rings is 1. The molecule has 2 aliphatic heterocycles. The number of hydrogen-bond acceptors (Lipinski definition) is 11. The van der Waals surface area contributed by atoms with Crippen LogP contribution in [0.5, 0.6) is 5.75 Å². The number of amides is 1. The summed E-state index contributed by atoms with van der Waals surface area (Å²) in [5.74, 6) is 0.615. The van der Waals surface area contributed by atoms with E-state index in [0.29, 0.717) is 37.0 Å². The molecule has 8 rings (SSSR count). The Balaban J connectivity index is 0.950. The third-order valence-corrected chi connectivity index (χ3v) is 16.6. The van der Waals surface area contributed by atoms with E-state index >= 15 is 0 Å². The number of nitrogens with one attached hydrogen (secondary N) is 1. The van der Waals surface area contributed by atoms with Crippen molar-refractivity contribution in [2.75, 3.05) is 56.6 Å². The third-order valence-electron chi connectivity index (χ3n) is 14.8. The lowest BCUT2D eigenvalue weighted by atomic mass is 9.59. The average Bonchev–Trinajstić information content (AvgIpc) is 3.28. The summed E-state index contributed by atoms with van der Waals surface area (Å²) in [7, 11) is -2.70. The van der Waals surface area contributed by atoms with Crippen LogP contribution in [-0.4, -0.2) is 92.2 Å². The first-order valence-electron chi connectivity index (χ1n) is 22.9. The fourth-order valence-corrected chi connectivity index (χ4v) is 12.4. The van der Waals surface area contributed by atoms with Crippen molar-refractivity contribution in [3.63, 3.8) is 0 Å². The van der Waals surface area contributed by atoms with E-state index in [1.54, 1.807) is 13.2 Å². The number of nitro groups is 1. The van der Waals surface area contributed by atoms with Gasteiger partial charge in [-0.3, -0.25) is 24.7 Å². The molecule has 4 aliphatic rings. The number of nitrogens with zero attached hydrogens (tertiary/aromatic N) is 4. The normalized spacial score (nSPS) is 23.2. The summed E-state index contributed by atoms with van der Waals surface area (Å²) in [6, 6.07) is 26.6. The van der Waals surface area contributed by atoms with Gasteiger partial charge in [0.05, 0.1) is 33.0 Å². The second-order valence-corrected chi connectivity index (χ2v) is 21.4. The molecular weight excluding hydrogens is 829 g/mol. The average molecular weight is 893 g/mol. The number of sulfone groups is 1. The van der Waals surface area contributed by atoms with Crippen molar-refractivity contribution in [3.8, 4) is 5.75 Å². The van der Waals surface area contributed by atoms with Gasteiger partial charge in [-0.1, -0.05) is 50.2 Å². The molecule has 2 heterocycles. The zero-order valence-corrected chi connectivity index (χ0v) is 38.5. The minimum atomic E-state index is -4.40. The Bertz CT molecular complexity index is 2430. The molecule has 342 valence electrons. The number of anilines is 2. The molecule has 0 radical (unpaired) electrons. The van der Waals surface area contributed by atoms with Crippen LogP contribution < -0.4 is 20.7 Å². The van der Waals surface area contributed by atoms with Gasteiger partial charge in [-0.05, 0) is 135 Å². The number of methoxy groups -OCH3 is 1. The molecule has 0 bridgehead atoms. The molecule has 4 fully saturated rings. The maximum Gasteiger partial charge on any atom is 0.293 e. The van der Waals surface area contributed by atoms with Crippen LogP contribution >= 0.6 is 0 Å². The number of benzene rings is 4. The molecule has 4 aromatic rings. The number of nitrogens with two attached hydrogens (primary N) is 1. The van der Waals surface area contributed by atoms with Gasteiger partial charge in [-0.2, -0.15) is 0 Å². The van der Waals surface area contributed by atoms with Gasteiger partial charge in [0, 0.05) is 69.7 Å². The van der Waals surface area contributed by atoms with Crippen LogP contribution in [-0.2, 0) is 16.4 Å². The number of ether oxygens (including phenoxy) is 1. The van der Waals surface area contributed by atoms with Gasteiger partial charge in [-0.15, -0.1) is 0 Å². The zero-order valence-electron chi connectivity index (χ0n) is 37.7. The lowest BCUT2D eigenvalue weighted by Gasteiger charge is -2.58. The predicted octanol–water partition coefficient (Wildman–Crippen LogP) is 8.32. The van der Waals surface area contributed by atoms with Crippen molar-refractivity contribution in [1.29, 1.82) is 0 Å². The van der Waals surface area contributed by atoms with Crippen molar-refractivity contribution in [2.24, 2.45) is 17.1 Å². The van der Waals surface area contributed by atoms with Crippen LogP contribution in [0.15, 0.2) is 94.7 Å². The number of carbonyl (C=O) groups excluding carboxylic acids is 1. The molecule has 4 N–H and O–H groups in total. The Kier molecular flexibility index (Phi) is 13.1. The molecule has 1 atom stereocenters. The molecule has 64 heavy (non-hydrogen) atoms. The highest BCUT2D eigenvalue weighted by Crippen LogP contribution is 2.53. The summed E-state index contributed by atoms with van der Waals surface area (Å²) in [5.41, 5.74) is 9.72. The zero-order chi connectivity index (χ0) is 45.4. The highest BCUT2D eigenvalue weighted by Gasteiger charge is 2.50. The number of aliphatic hydroxyl groups is 1. The lowest BCUT2D eigenvalue weighted by Crippen LogP contribution is -2.60. The number of piperazine rings is 1. The first-order chi connectivity index (χ1) is 30.5. The summed E-state index contributed by atoms with van der Waals surface area (Å²) >= 11 is 0. The quantitative estimate of drug-likeness (QED) is 0.0822. The smallest absolute Gasteiger partial charge is 0.293 e. The maximum absolute atomic E-state index is 14.3. The molecule has 0 unspecified atom stereocenters. The molecule has 0 aromatic heterocycles. The fourth-order valence-electron chi connectivity index (χ4n) is 10.9. The van der Waals surface area contributed by atoms with E-state index in [4.69, 9.17) is 10.5 Å². The SMILES string of the molecule is COc1ccc(CN2CCN(C3CC4(CCN(c5ccc(C(N)=O)c(S(=O)(=O)c6ccc(NCC7CCC(C)(O)CC7)c([N+](=O)[O-])c6)c5)CC4)C3)[C@H](c3ccccc3C(C)C)C2)cc1. The monoisotopic (exact) mass is 892 g/mol. The highest BCUT2D eigenvalue weighted by atomic mass is 32.2. The Morgan fingerprint density at radius 2 is 1.66 bits per heavy atom. The Morgan fingerprint density at radius 1 is 0.953 bits per heavy atom. The number of rotatable bonds is 14. The van der Waals surface area contributed by atoms with Crippen molar-refractivity contribution in [2.45, 2.75) is 112 Å². The summed E-state index contributed by atoms with van der Waals surface area (Å²) in [6.07, 6.45) is 7.04. The summed E-state index contributed by atoms with van der Waals surface area (Å²) in [5, 5.41) is 25.7. The lowest BCUT2D eigenvalue weighted by molar-refractivity contribution is -0.384. The van der Waals surface area contributed by atoms with E-state index in [9.17, 15) is 28.4 Å². The van der Waals surface area contributed by atoms with Gasteiger partial charge < -0.3 is 25.8 Å². The maximum atomic E-state index is 14.3. The summed E-state index contributed by atoms with van der Waals surface area (Å²) in [6.45, 7) is 12.2. The molecule has 2 aliphatic carbocycles. The third kappa shape index (κ3) is 9.66. The molecule has 2 saturated heterocycles. The minimum absolute atomic E-state index is 0.158. The topological polar surface area (TPSA) is 172 Å². The number of nitro benzene ring substituents is 1. The van der Waals surface area contributed by atoms with Crippen LogP contribution in [0.25, 0.3) is 0 Å². The molecule has 2 saturated carbocycles. The molecule has 14 heteroatoms. The molecule has 4 aromatic carbocycles. The second-order valence-electron chi connectivity index (χ2n) is 19.5. The van der Waals surface area contributed by atoms with E-state index in [2.05, 4.69) is 70.3 Å². The molecule has 13 nitrogen and oxygen atoms in total. The van der Waals surface area contributed by atoms with Crippen LogP contribution in [0.1, 0.15) is 111 Å². The number of hydrogen-bond donors (Lipinski definition) is 3. The van der Waals surface area contributed by atoms with Crippen molar-refractivity contribution in [3.05, 3.63) is 117 Å². The van der Waals surface area contributed by atoms with E-state index in [0.717, 1.165) is 89.6 Å². The van der Waals surface area contributed by atoms with E-state index < -0.39 is 26.3 Å². The standard InChI is InChI=1S/C50H64N6O7S/c1-34(2)41-7-5-6-8-42(41)46-33-53(32-36-9-12-39(63-4)13-10-36)25-26-55(46)38-29-50(30-38)21-23-54(24-22-50)37-11-15-43(48(51)57)47(27-37)64(61,62)40-14-16-44(45(28-40)56(59)60)52-31-35-17-19-49(3,58)20-18-35/h5-16,27-28,34-35,38,46,52,58H,17-26,29-33H2,1-4H3,(H2,51,57)/t35?,46-,49?/m0/s1. The van der Waals surface area contributed by atoms with Crippen molar-refractivity contribution < 1.29 is 28.0 Å². The minimum Gasteiger partial charge on any atom is -0.497 e. The van der Waals surface area contributed by atoms with Gasteiger partial charge in [-0.25, -0.2) is 8.42 Å². The molecule has 1 spiro atoms. The summed E-state index contributed by atoms with van der Waals surface area (Å²) < 4.78 is 34.0. The van der Waals surface area contributed by atoms with Gasteiger partial charge in [0.25, 0.3) is 5.69 Å². The van der Waals surface area contributed by atoms with Crippen LogP contribution in [0.4, 0.5) is 17.1 Å². The van der Waals surface area contributed by atoms with Gasteiger partial charge in [0.1, 0.15) is 11.4 Å². The van der Waals surface area contributed by atoms with E-state index in [1.807, 2.05) is 19.1 Å². The number of carbonyl (C=O) groups is 1. The highest BCUT2D eigenvalue weighted by molar-refractivity contribution is 7.91. The van der Waals surface area contributed by atoms with Gasteiger partial charge in [0.15, 0.2) is 0 Å². The van der Waals surface area contributed by atoms with Crippen LogP contribution in [0, 0.1) is 21.4 Å². The second kappa shape index (κ2) is 18.5. The largest absolute Gasteiger partial charge is 0.497 e. The Morgan fingerprint density at radius 3 is 2.31 bits per heavy atom.